The van der Waals surface area contributed by atoms with Crippen LogP contribution < -0.4 is 10.5 Å². The molecule has 0 heterocycles. The van der Waals surface area contributed by atoms with Crippen LogP contribution in [0.4, 0.5) is 13.2 Å². The van der Waals surface area contributed by atoms with Gasteiger partial charge in [-0.1, -0.05) is 38.7 Å². The molecule has 2 aromatic rings. The molecular weight excluding hydrogens is 387 g/mol. The van der Waals surface area contributed by atoms with E-state index in [1.807, 2.05) is 0 Å². The normalized spacial score (nSPS) is 19.1. The van der Waals surface area contributed by atoms with Gasteiger partial charge in [-0.25, -0.2) is 13.2 Å². The molecule has 0 aliphatic heterocycles. The van der Waals surface area contributed by atoms with Crippen molar-refractivity contribution in [1.82, 2.24) is 0 Å². The van der Waals surface area contributed by atoms with E-state index < -0.39 is 17.5 Å². The molecule has 0 atom stereocenters. The van der Waals surface area contributed by atoms with E-state index in [1.165, 1.54) is 24.3 Å². The summed E-state index contributed by atoms with van der Waals surface area (Å²) in [7, 11) is 0. The Kier molecular flexibility index (Phi) is 8.20. The van der Waals surface area contributed by atoms with E-state index in [4.69, 9.17) is 10.5 Å². The Morgan fingerprint density at radius 1 is 0.867 bits per heavy atom. The number of hydrogen-bond donors (Lipinski definition) is 1. The molecule has 0 spiro atoms. The lowest BCUT2D eigenvalue weighted by atomic mass is 9.79. The van der Waals surface area contributed by atoms with Crippen molar-refractivity contribution in [2.45, 2.75) is 64.2 Å². The number of nitrogens with two attached hydrogens (primary N) is 1. The third kappa shape index (κ3) is 5.78. The van der Waals surface area contributed by atoms with Gasteiger partial charge in [0, 0.05) is 0 Å². The molecule has 0 bridgehead atoms. The first kappa shape index (κ1) is 22.7. The number of rotatable bonds is 9. The van der Waals surface area contributed by atoms with Crippen LogP contribution in [0, 0.1) is 23.4 Å². The zero-order valence-electron chi connectivity index (χ0n) is 17.7. The largest absolute Gasteiger partial charge is 0.491 e. The van der Waals surface area contributed by atoms with Crippen LogP contribution in [-0.2, 0) is 0 Å². The van der Waals surface area contributed by atoms with E-state index in [9.17, 15) is 13.2 Å². The lowest BCUT2D eigenvalue weighted by Gasteiger charge is -2.26. The minimum Gasteiger partial charge on any atom is -0.491 e. The number of benzene rings is 2. The predicted molar refractivity (Wildman–Crippen MR) is 115 cm³/mol. The summed E-state index contributed by atoms with van der Waals surface area (Å²) >= 11 is 0. The molecule has 1 aliphatic rings. The van der Waals surface area contributed by atoms with Crippen LogP contribution in [0.15, 0.2) is 30.3 Å². The summed E-state index contributed by atoms with van der Waals surface area (Å²) in [5.74, 6) is -0.931. The highest BCUT2D eigenvalue weighted by Crippen LogP contribution is 2.38. The summed E-state index contributed by atoms with van der Waals surface area (Å²) in [5.41, 5.74) is 6.16. The fraction of sp³-hybridized carbons (Fsp3) is 0.520. The van der Waals surface area contributed by atoms with Crippen LogP contribution >= 0.6 is 0 Å². The van der Waals surface area contributed by atoms with Crippen LogP contribution in [0.1, 0.15) is 69.8 Å². The molecule has 0 radical (unpaired) electrons. The summed E-state index contributed by atoms with van der Waals surface area (Å²) in [4.78, 5) is 0. The minimum absolute atomic E-state index is 0.103. The first-order chi connectivity index (χ1) is 14.5. The van der Waals surface area contributed by atoms with Crippen LogP contribution in [0.25, 0.3) is 11.1 Å². The maximum atomic E-state index is 14.8. The van der Waals surface area contributed by atoms with Gasteiger partial charge in [0.1, 0.15) is 11.6 Å². The van der Waals surface area contributed by atoms with Crippen LogP contribution in [-0.4, -0.2) is 13.2 Å². The number of hydrogen-bond acceptors (Lipinski definition) is 2. The molecule has 0 aromatic heterocycles. The zero-order chi connectivity index (χ0) is 21.5. The quantitative estimate of drug-likeness (QED) is 0.446. The number of halogens is 3. The smallest absolute Gasteiger partial charge is 0.165 e. The monoisotopic (exact) mass is 419 g/mol. The Bertz CT molecular complexity index is 808. The van der Waals surface area contributed by atoms with Crippen molar-refractivity contribution < 1.29 is 17.9 Å². The van der Waals surface area contributed by atoms with Crippen molar-refractivity contribution >= 4 is 0 Å². The third-order valence-corrected chi connectivity index (χ3v) is 6.13. The Morgan fingerprint density at radius 3 is 2.17 bits per heavy atom. The molecule has 164 valence electrons. The molecular formula is C25H32F3NO. The Hall–Kier alpha value is -2.01. The fourth-order valence-electron chi connectivity index (χ4n) is 4.25. The van der Waals surface area contributed by atoms with Crippen LogP contribution in [0.3, 0.4) is 0 Å². The summed E-state index contributed by atoms with van der Waals surface area (Å²) < 4.78 is 49.5. The first-order valence-corrected chi connectivity index (χ1v) is 11.1. The van der Waals surface area contributed by atoms with Crippen LogP contribution in [0.5, 0.6) is 5.75 Å². The molecule has 1 saturated carbocycles. The van der Waals surface area contributed by atoms with Gasteiger partial charge in [-0.3, -0.25) is 0 Å². The fourth-order valence-corrected chi connectivity index (χ4v) is 4.25. The van der Waals surface area contributed by atoms with Gasteiger partial charge in [0.15, 0.2) is 11.6 Å². The van der Waals surface area contributed by atoms with Crippen LogP contribution in [0.2, 0.25) is 0 Å². The van der Waals surface area contributed by atoms with E-state index in [0.717, 1.165) is 57.4 Å². The Morgan fingerprint density at radius 2 is 1.53 bits per heavy atom. The molecule has 0 unspecified atom stereocenters. The Balaban J connectivity index is 1.68. The number of ether oxygens (including phenoxy) is 1. The zero-order valence-corrected chi connectivity index (χ0v) is 17.7. The maximum absolute atomic E-state index is 14.8. The highest BCUT2D eigenvalue weighted by Gasteiger charge is 2.23. The first-order valence-electron chi connectivity index (χ1n) is 11.1. The SMILES string of the molecule is CC1CCC(c2cc(F)c(-c3ccc(OCCCCCCN)c(F)c3)c(F)c2)CC1. The van der Waals surface area contributed by atoms with Gasteiger partial charge >= 0.3 is 0 Å². The summed E-state index contributed by atoms with van der Waals surface area (Å²) in [6, 6.07) is 6.94. The van der Waals surface area contributed by atoms with Crippen molar-refractivity contribution in [3.8, 4) is 16.9 Å². The van der Waals surface area contributed by atoms with E-state index >= 15 is 0 Å². The van der Waals surface area contributed by atoms with Gasteiger partial charge in [-0.15, -0.1) is 0 Å². The van der Waals surface area contributed by atoms with Crippen molar-refractivity contribution in [1.29, 1.82) is 0 Å². The molecule has 2 aromatic carbocycles. The highest BCUT2D eigenvalue weighted by molar-refractivity contribution is 5.66. The van der Waals surface area contributed by atoms with Crippen molar-refractivity contribution in [3.05, 3.63) is 53.3 Å². The molecule has 0 amide bonds. The lowest BCUT2D eigenvalue weighted by Crippen LogP contribution is -2.11. The standard InChI is InChI=1S/C25H32F3NO/c1-17-6-8-18(9-7-17)20-15-22(27)25(23(28)16-20)19-10-11-24(21(26)14-19)30-13-5-3-2-4-12-29/h10-11,14-18H,2-9,12-13,29H2,1H3. The summed E-state index contributed by atoms with van der Waals surface area (Å²) in [6.45, 7) is 3.29. The average molecular weight is 420 g/mol. The van der Waals surface area contributed by atoms with E-state index in [2.05, 4.69) is 6.92 Å². The van der Waals surface area contributed by atoms with Gasteiger partial charge in [-0.2, -0.15) is 0 Å². The topological polar surface area (TPSA) is 35.2 Å². The second-order valence-electron chi connectivity index (χ2n) is 8.51. The van der Waals surface area contributed by atoms with Crippen molar-refractivity contribution in [3.63, 3.8) is 0 Å². The Labute approximate surface area is 177 Å². The maximum Gasteiger partial charge on any atom is 0.165 e. The average Bonchev–Trinajstić information content (AvgIpc) is 2.72. The lowest BCUT2D eigenvalue weighted by molar-refractivity contribution is 0.290. The second-order valence-corrected chi connectivity index (χ2v) is 8.51. The summed E-state index contributed by atoms with van der Waals surface area (Å²) in [5, 5.41) is 0. The van der Waals surface area contributed by atoms with Gasteiger partial charge in [0.05, 0.1) is 12.2 Å². The predicted octanol–water partition coefficient (Wildman–Crippen LogP) is 6.96. The molecule has 30 heavy (non-hydrogen) atoms. The third-order valence-electron chi connectivity index (χ3n) is 6.13. The molecule has 3 rings (SSSR count). The minimum atomic E-state index is -0.642. The molecule has 1 aliphatic carbocycles. The molecule has 1 fully saturated rings. The molecule has 5 heteroatoms. The second kappa shape index (κ2) is 10.9. The van der Waals surface area contributed by atoms with Crippen molar-refractivity contribution in [2.75, 3.05) is 13.2 Å². The van der Waals surface area contributed by atoms with Gasteiger partial charge in [0.2, 0.25) is 0 Å². The van der Waals surface area contributed by atoms with E-state index in [-0.39, 0.29) is 22.8 Å². The highest BCUT2D eigenvalue weighted by atomic mass is 19.1. The van der Waals surface area contributed by atoms with Crippen molar-refractivity contribution in [2.24, 2.45) is 11.7 Å². The molecule has 0 saturated heterocycles. The van der Waals surface area contributed by atoms with Gasteiger partial charge in [0.25, 0.3) is 0 Å². The van der Waals surface area contributed by atoms with Gasteiger partial charge in [-0.05, 0) is 79.5 Å². The number of unbranched alkanes of at least 4 members (excludes halogenated alkanes) is 3. The van der Waals surface area contributed by atoms with E-state index in [1.54, 1.807) is 0 Å². The summed E-state index contributed by atoms with van der Waals surface area (Å²) in [6.07, 6.45) is 7.84. The van der Waals surface area contributed by atoms with E-state index in [0.29, 0.717) is 24.6 Å². The molecule has 2 N–H and O–H groups in total. The van der Waals surface area contributed by atoms with Gasteiger partial charge < -0.3 is 10.5 Å². The molecule has 2 nitrogen and oxygen atoms in total.